The second-order valence-electron chi connectivity index (χ2n) is 8.73. The summed E-state index contributed by atoms with van der Waals surface area (Å²) >= 11 is 6.09. The van der Waals surface area contributed by atoms with E-state index >= 15 is 4.39 Å². The van der Waals surface area contributed by atoms with Crippen molar-refractivity contribution in [1.82, 2.24) is 40.0 Å². The minimum atomic E-state index is -0.631. The van der Waals surface area contributed by atoms with E-state index in [1.165, 1.54) is 29.6 Å². The molecule has 4 heterocycles. The molecule has 0 radical (unpaired) electrons. The Hall–Kier alpha value is -4.25. The molecule has 1 fully saturated rings. The highest BCUT2D eigenvalue weighted by Crippen LogP contribution is 2.39. The van der Waals surface area contributed by atoms with Crippen LogP contribution in [0.1, 0.15) is 31.0 Å². The number of pyridine rings is 1. The topological polar surface area (TPSA) is 111 Å². The fourth-order valence-corrected chi connectivity index (χ4v) is 4.49. The van der Waals surface area contributed by atoms with Gasteiger partial charge in [-0.3, -0.25) is 9.89 Å². The first-order valence-corrected chi connectivity index (χ1v) is 11.7. The lowest BCUT2D eigenvalue weighted by atomic mass is 10.0. The van der Waals surface area contributed by atoms with Gasteiger partial charge in [0.2, 0.25) is 6.20 Å². The largest absolute Gasteiger partial charge is 0.285 e. The van der Waals surface area contributed by atoms with Crippen molar-refractivity contribution in [3.05, 3.63) is 84.4 Å². The van der Waals surface area contributed by atoms with E-state index in [2.05, 4.69) is 30.6 Å². The van der Waals surface area contributed by atoms with Crippen molar-refractivity contribution in [2.24, 2.45) is 5.92 Å². The first kappa shape index (κ1) is 22.2. The third kappa shape index (κ3) is 4.17. The molecule has 180 valence electrons. The first-order chi connectivity index (χ1) is 17.6. The minimum absolute atomic E-state index is 0.0454. The molecule has 1 aliphatic rings. The van der Waals surface area contributed by atoms with Crippen molar-refractivity contribution in [3.63, 3.8) is 0 Å². The molecular formula is C24H20ClFN9O+. The second-order valence-corrected chi connectivity index (χ2v) is 9.14. The lowest BCUT2D eigenvalue weighted by molar-refractivity contribution is -0.910. The van der Waals surface area contributed by atoms with Crippen LogP contribution in [0.3, 0.4) is 0 Å². The predicted octanol–water partition coefficient (Wildman–Crippen LogP) is 3.69. The summed E-state index contributed by atoms with van der Waals surface area (Å²) in [4.78, 5) is 8.15. The lowest BCUT2D eigenvalue weighted by Crippen LogP contribution is -2.38. The molecule has 1 N–H and O–H groups in total. The smallest absolute Gasteiger partial charge is 0.258 e. The van der Waals surface area contributed by atoms with Crippen LogP contribution < -0.4 is 4.73 Å². The van der Waals surface area contributed by atoms with Gasteiger partial charge in [-0.1, -0.05) is 24.4 Å². The summed E-state index contributed by atoms with van der Waals surface area (Å²) in [7, 11) is 0. The van der Waals surface area contributed by atoms with E-state index in [0.717, 1.165) is 35.1 Å². The normalized spacial score (nSPS) is 14.2. The van der Waals surface area contributed by atoms with Crippen LogP contribution in [-0.4, -0.2) is 45.2 Å². The fraction of sp³-hybridized carbons (Fsp3) is 0.208. The molecule has 1 aromatic carbocycles. The van der Waals surface area contributed by atoms with Crippen LogP contribution in [0.4, 0.5) is 4.39 Å². The van der Waals surface area contributed by atoms with Gasteiger partial charge in [-0.05, 0) is 41.0 Å². The maximum atomic E-state index is 15.2. The Morgan fingerprint density at radius 1 is 1.08 bits per heavy atom. The predicted molar refractivity (Wildman–Crippen MR) is 126 cm³/mol. The zero-order valence-electron chi connectivity index (χ0n) is 18.9. The molecule has 10 nitrogen and oxygen atoms in total. The van der Waals surface area contributed by atoms with Crippen molar-refractivity contribution >= 4 is 11.6 Å². The number of rotatable bonds is 7. The molecule has 0 spiro atoms. The molecular weight excluding hydrogens is 485 g/mol. The molecule has 1 unspecified atom stereocenters. The molecule has 1 aliphatic carbocycles. The molecule has 0 bridgehead atoms. The van der Waals surface area contributed by atoms with E-state index in [4.69, 9.17) is 11.6 Å². The third-order valence-electron chi connectivity index (χ3n) is 6.33. The standard InChI is InChI=1S/C24H20ClFN9O/c25-19-4-6-21(34-14-29-31-32-34)23(24(19)26)16-3-5-20(35(36)12-16)22(7-15-1-2-15)33-11-18(10-30-33)17-8-27-13-28-9-17/h3-6,8-15,22,36H,1-2,7H2/q+1. The van der Waals surface area contributed by atoms with Gasteiger partial charge in [0, 0.05) is 40.5 Å². The Labute approximate surface area is 209 Å². The molecule has 0 aliphatic heterocycles. The molecule has 5 aromatic rings. The Morgan fingerprint density at radius 3 is 2.64 bits per heavy atom. The summed E-state index contributed by atoms with van der Waals surface area (Å²) in [5, 5.41) is 26.8. The number of nitrogens with zero attached hydrogens (tertiary/aromatic N) is 9. The second kappa shape index (κ2) is 9.08. The van der Waals surface area contributed by atoms with Crippen LogP contribution in [0, 0.1) is 11.7 Å². The molecule has 1 saturated carbocycles. The zero-order valence-corrected chi connectivity index (χ0v) is 19.6. The Morgan fingerprint density at radius 2 is 1.92 bits per heavy atom. The summed E-state index contributed by atoms with van der Waals surface area (Å²) < 4.78 is 19.4. The van der Waals surface area contributed by atoms with Gasteiger partial charge in [0.25, 0.3) is 5.69 Å². The van der Waals surface area contributed by atoms with Gasteiger partial charge in [0.05, 0.1) is 28.0 Å². The van der Waals surface area contributed by atoms with Crippen LogP contribution in [0.25, 0.3) is 27.9 Å². The highest BCUT2D eigenvalue weighted by atomic mass is 35.5. The molecule has 0 amide bonds. The monoisotopic (exact) mass is 504 g/mol. The van der Waals surface area contributed by atoms with E-state index in [9.17, 15) is 5.21 Å². The summed E-state index contributed by atoms with van der Waals surface area (Å²) in [5.41, 5.74) is 3.34. The number of halogens is 2. The van der Waals surface area contributed by atoms with Gasteiger partial charge in [-0.2, -0.15) is 9.78 Å². The maximum Gasteiger partial charge on any atom is 0.258 e. The first-order valence-electron chi connectivity index (χ1n) is 11.3. The van der Waals surface area contributed by atoms with Gasteiger partial charge in [-0.25, -0.2) is 14.4 Å². The van der Waals surface area contributed by atoms with E-state index in [1.807, 2.05) is 10.9 Å². The zero-order chi connectivity index (χ0) is 24.6. The maximum absolute atomic E-state index is 15.2. The van der Waals surface area contributed by atoms with Gasteiger partial charge < -0.3 is 0 Å². The Bertz CT molecular complexity index is 1520. The molecule has 6 rings (SSSR count). The lowest BCUT2D eigenvalue weighted by Gasteiger charge is -2.15. The number of hydrogen-bond acceptors (Lipinski definition) is 7. The van der Waals surface area contributed by atoms with E-state index < -0.39 is 5.82 Å². The molecule has 12 heteroatoms. The average molecular weight is 505 g/mol. The molecule has 1 atom stereocenters. The van der Waals surface area contributed by atoms with Crippen LogP contribution >= 0.6 is 11.6 Å². The minimum Gasteiger partial charge on any atom is -0.285 e. The average Bonchev–Trinajstić information content (AvgIpc) is 3.33. The van der Waals surface area contributed by atoms with Crippen molar-refractivity contribution in [2.75, 3.05) is 0 Å². The molecule has 0 saturated heterocycles. The van der Waals surface area contributed by atoms with Crippen LogP contribution in [0.2, 0.25) is 5.02 Å². The third-order valence-corrected chi connectivity index (χ3v) is 6.62. The fourth-order valence-electron chi connectivity index (χ4n) is 4.33. The van der Waals surface area contributed by atoms with Crippen molar-refractivity contribution in [2.45, 2.75) is 25.3 Å². The van der Waals surface area contributed by atoms with Crippen LogP contribution in [-0.2, 0) is 0 Å². The summed E-state index contributed by atoms with van der Waals surface area (Å²) in [6, 6.07) is 6.37. The highest BCUT2D eigenvalue weighted by molar-refractivity contribution is 6.31. The van der Waals surface area contributed by atoms with Gasteiger partial charge in [-0.15, -0.1) is 5.10 Å². The van der Waals surface area contributed by atoms with Crippen molar-refractivity contribution < 1.29 is 14.3 Å². The number of aromatic nitrogens is 9. The summed E-state index contributed by atoms with van der Waals surface area (Å²) in [6.07, 6.45) is 14.6. The Balaban J connectivity index is 1.40. The molecule has 4 aromatic heterocycles. The number of hydrogen-bond donors (Lipinski definition) is 1. The quantitative estimate of drug-likeness (QED) is 0.266. The van der Waals surface area contributed by atoms with Crippen molar-refractivity contribution in [1.29, 1.82) is 0 Å². The SMILES string of the molecule is O[n+]1cc(-c2c(-n3cnnn3)ccc(Cl)c2F)ccc1C(CC1CC1)n1cc(-c2cncnc2)cn1. The summed E-state index contributed by atoms with van der Waals surface area (Å²) in [5.74, 6) is -0.0760. The van der Waals surface area contributed by atoms with Crippen LogP contribution in [0.5, 0.6) is 0 Å². The van der Waals surface area contributed by atoms with E-state index in [-0.39, 0.29) is 16.6 Å². The van der Waals surface area contributed by atoms with E-state index in [0.29, 0.717) is 22.9 Å². The van der Waals surface area contributed by atoms with Gasteiger partial charge in [0.1, 0.15) is 18.7 Å². The Kier molecular flexibility index (Phi) is 5.61. The number of tetrazole rings is 1. The van der Waals surface area contributed by atoms with Crippen LogP contribution in [0.15, 0.2) is 67.9 Å². The van der Waals surface area contributed by atoms with Crippen molar-refractivity contribution in [3.8, 4) is 27.9 Å². The van der Waals surface area contributed by atoms with Gasteiger partial charge >= 0.3 is 0 Å². The van der Waals surface area contributed by atoms with Gasteiger partial charge in [0.15, 0.2) is 5.82 Å². The van der Waals surface area contributed by atoms with E-state index in [1.54, 1.807) is 36.8 Å². The summed E-state index contributed by atoms with van der Waals surface area (Å²) in [6.45, 7) is 0. The number of benzene rings is 1. The highest BCUT2D eigenvalue weighted by Gasteiger charge is 2.34. The molecule has 36 heavy (non-hydrogen) atoms.